The van der Waals surface area contributed by atoms with Crippen LogP contribution in [0.15, 0.2) is 30.3 Å². The summed E-state index contributed by atoms with van der Waals surface area (Å²) in [5.41, 5.74) is 0.572. The van der Waals surface area contributed by atoms with E-state index in [2.05, 4.69) is 17.6 Å². The van der Waals surface area contributed by atoms with Crippen molar-refractivity contribution >= 4 is 11.8 Å². The zero-order valence-corrected chi connectivity index (χ0v) is 12.8. The Labute approximate surface area is 126 Å². The monoisotopic (exact) mass is 288 g/mol. The van der Waals surface area contributed by atoms with Crippen molar-refractivity contribution in [1.82, 2.24) is 10.6 Å². The normalized spacial score (nSPS) is 23.1. The minimum Gasteiger partial charge on any atom is -0.351 e. The first-order chi connectivity index (χ1) is 10.1. The number of amides is 2. The molecule has 1 aliphatic carbocycles. The van der Waals surface area contributed by atoms with Crippen molar-refractivity contribution in [3.05, 3.63) is 35.9 Å². The van der Waals surface area contributed by atoms with Crippen molar-refractivity contribution in [3.63, 3.8) is 0 Å². The van der Waals surface area contributed by atoms with Gasteiger partial charge in [0.25, 0.3) is 5.91 Å². The van der Waals surface area contributed by atoms with Crippen LogP contribution in [0.3, 0.4) is 0 Å². The first kappa shape index (κ1) is 15.5. The van der Waals surface area contributed by atoms with Gasteiger partial charge in [-0.2, -0.15) is 0 Å². The Morgan fingerprint density at radius 3 is 2.48 bits per heavy atom. The molecule has 0 spiro atoms. The Bertz CT molecular complexity index is 487. The predicted molar refractivity (Wildman–Crippen MR) is 82.9 cm³/mol. The lowest BCUT2D eigenvalue weighted by Crippen LogP contribution is -2.50. The summed E-state index contributed by atoms with van der Waals surface area (Å²) < 4.78 is 0. The van der Waals surface area contributed by atoms with Crippen molar-refractivity contribution < 1.29 is 9.59 Å². The molecule has 1 aromatic rings. The molecule has 0 bridgehead atoms. The highest BCUT2D eigenvalue weighted by Crippen LogP contribution is 2.23. The smallest absolute Gasteiger partial charge is 0.251 e. The van der Waals surface area contributed by atoms with Gasteiger partial charge < -0.3 is 10.6 Å². The van der Waals surface area contributed by atoms with Crippen LogP contribution >= 0.6 is 0 Å². The van der Waals surface area contributed by atoms with Gasteiger partial charge in [0.05, 0.1) is 0 Å². The molecule has 2 N–H and O–H groups in total. The molecule has 1 aromatic carbocycles. The summed E-state index contributed by atoms with van der Waals surface area (Å²) in [5, 5.41) is 5.82. The van der Waals surface area contributed by atoms with Gasteiger partial charge in [0.15, 0.2) is 0 Å². The molecule has 1 saturated carbocycles. The SMILES string of the molecule is C[C@H](NC(=O)c1ccccc1)C(=O)N[C@@H]1CCCC[C@H]1C. The Hall–Kier alpha value is -1.84. The van der Waals surface area contributed by atoms with Crippen LogP contribution in [0, 0.1) is 5.92 Å². The maximum atomic E-state index is 12.2. The highest BCUT2D eigenvalue weighted by molar-refractivity contribution is 5.97. The molecule has 0 aromatic heterocycles. The van der Waals surface area contributed by atoms with Crippen LogP contribution in [0.5, 0.6) is 0 Å². The third-order valence-electron chi connectivity index (χ3n) is 4.22. The van der Waals surface area contributed by atoms with Crippen LogP contribution in [0.25, 0.3) is 0 Å². The van der Waals surface area contributed by atoms with E-state index in [0.29, 0.717) is 11.5 Å². The highest BCUT2D eigenvalue weighted by atomic mass is 16.2. The molecule has 0 unspecified atom stereocenters. The Balaban J connectivity index is 1.86. The molecule has 1 aliphatic rings. The average Bonchev–Trinajstić information content (AvgIpc) is 2.50. The Morgan fingerprint density at radius 1 is 1.14 bits per heavy atom. The van der Waals surface area contributed by atoms with Crippen molar-refractivity contribution in [2.45, 2.75) is 51.6 Å². The molecule has 0 saturated heterocycles. The molecule has 4 heteroatoms. The highest BCUT2D eigenvalue weighted by Gasteiger charge is 2.25. The first-order valence-corrected chi connectivity index (χ1v) is 7.74. The molecule has 2 rings (SSSR count). The van der Waals surface area contributed by atoms with Gasteiger partial charge in [-0.05, 0) is 37.8 Å². The van der Waals surface area contributed by atoms with Gasteiger partial charge in [-0.1, -0.05) is 38.0 Å². The van der Waals surface area contributed by atoms with E-state index in [4.69, 9.17) is 0 Å². The van der Waals surface area contributed by atoms with Gasteiger partial charge in [-0.15, -0.1) is 0 Å². The lowest BCUT2D eigenvalue weighted by Gasteiger charge is -2.30. The van der Waals surface area contributed by atoms with Crippen molar-refractivity contribution in [2.24, 2.45) is 5.92 Å². The number of hydrogen-bond donors (Lipinski definition) is 2. The number of nitrogens with one attached hydrogen (secondary N) is 2. The third-order valence-corrected chi connectivity index (χ3v) is 4.22. The fourth-order valence-corrected chi connectivity index (χ4v) is 2.77. The summed E-state index contributed by atoms with van der Waals surface area (Å²) in [6.07, 6.45) is 4.61. The van der Waals surface area contributed by atoms with E-state index in [1.54, 1.807) is 19.1 Å². The quantitative estimate of drug-likeness (QED) is 0.894. The number of carbonyl (C=O) groups is 2. The summed E-state index contributed by atoms with van der Waals surface area (Å²) in [6.45, 7) is 3.90. The maximum Gasteiger partial charge on any atom is 0.251 e. The van der Waals surface area contributed by atoms with Gasteiger partial charge in [0.1, 0.15) is 6.04 Å². The number of hydrogen-bond acceptors (Lipinski definition) is 2. The lowest BCUT2D eigenvalue weighted by atomic mass is 9.86. The van der Waals surface area contributed by atoms with E-state index in [1.807, 2.05) is 18.2 Å². The molecule has 3 atom stereocenters. The second-order valence-electron chi connectivity index (χ2n) is 5.94. The molecule has 21 heavy (non-hydrogen) atoms. The summed E-state index contributed by atoms with van der Waals surface area (Å²) >= 11 is 0. The van der Waals surface area contributed by atoms with Crippen molar-refractivity contribution in [1.29, 1.82) is 0 Å². The number of carbonyl (C=O) groups excluding carboxylic acids is 2. The fraction of sp³-hybridized carbons (Fsp3) is 0.529. The summed E-state index contributed by atoms with van der Waals surface area (Å²) in [7, 11) is 0. The average molecular weight is 288 g/mol. The van der Waals surface area contributed by atoms with E-state index < -0.39 is 6.04 Å². The second-order valence-corrected chi connectivity index (χ2v) is 5.94. The molecule has 2 amide bonds. The molecule has 0 radical (unpaired) electrons. The van der Waals surface area contributed by atoms with Crippen LogP contribution in [0.4, 0.5) is 0 Å². The lowest BCUT2D eigenvalue weighted by molar-refractivity contribution is -0.123. The predicted octanol–water partition coefficient (Wildman–Crippen LogP) is 2.50. The van der Waals surface area contributed by atoms with E-state index in [9.17, 15) is 9.59 Å². The largest absolute Gasteiger partial charge is 0.351 e. The topological polar surface area (TPSA) is 58.2 Å². The van der Waals surface area contributed by atoms with Crippen LogP contribution in [0.1, 0.15) is 49.9 Å². The molecule has 0 aliphatic heterocycles. The van der Waals surface area contributed by atoms with Gasteiger partial charge in [-0.25, -0.2) is 0 Å². The zero-order valence-electron chi connectivity index (χ0n) is 12.8. The van der Waals surface area contributed by atoms with Crippen LogP contribution in [-0.2, 0) is 4.79 Å². The summed E-state index contributed by atoms with van der Waals surface area (Å²) in [6, 6.07) is 8.67. The fourth-order valence-electron chi connectivity index (χ4n) is 2.77. The zero-order chi connectivity index (χ0) is 15.2. The van der Waals surface area contributed by atoms with E-state index >= 15 is 0 Å². The molecular weight excluding hydrogens is 264 g/mol. The minimum absolute atomic E-state index is 0.0990. The molecular formula is C17H24N2O2. The van der Waals surface area contributed by atoms with Crippen LogP contribution in [0.2, 0.25) is 0 Å². The number of benzene rings is 1. The van der Waals surface area contributed by atoms with Gasteiger partial charge in [0.2, 0.25) is 5.91 Å². The number of rotatable bonds is 4. The second kappa shape index (κ2) is 7.25. The first-order valence-electron chi connectivity index (χ1n) is 7.74. The molecule has 0 heterocycles. The van der Waals surface area contributed by atoms with Gasteiger partial charge >= 0.3 is 0 Å². The third kappa shape index (κ3) is 4.31. The van der Waals surface area contributed by atoms with Gasteiger partial charge in [-0.3, -0.25) is 9.59 Å². The van der Waals surface area contributed by atoms with E-state index in [1.165, 1.54) is 12.8 Å². The van der Waals surface area contributed by atoms with Crippen molar-refractivity contribution in [3.8, 4) is 0 Å². The van der Waals surface area contributed by atoms with Crippen LogP contribution in [-0.4, -0.2) is 23.9 Å². The molecule has 114 valence electrons. The van der Waals surface area contributed by atoms with Crippen molar-refractivity contribution in [2.75, 3.05) is 0 Å². The molecule has 4 nitrogen and oxygen atoms in total. The van der Waals surface area contributed by atoms with E-state index in [-0.39, 0.29) is 17.9 Å². The Morgan fingerprint density at radius 2 is 1.81 bits per heavy atom. The standard InChI is InChI=1S/C17H24N2O2/c1-12-8-6-7-11-15(12)19-16(20)13(2)18-17(21)14-9-4-3-5-10-14/h3-5,9-10,12-13,15H,6-8,11H2,1-2H3,(H,18,21)(H,19,20)/t12-,13+,15-/m1/s1. The Kier molecular flexibility index (Phi) is 5.37. The van der Waals surface area contributed by atoms with Crippen LogP contribution < -0.4 is 10.6 Å². The van der Waals surface area contributed by atoms with Gasteiger partial charge in [0, 0.05) is 11.6 Å². The minimum atomic E-state index is -0.521. The summed E-state index contributed by atoms with van der Waals surface area (Å²) in [4.78, 5) is 24.2. The summed E-state index contributed by atoms with van der Waals surface area (Å²) in [5.74, 6) is 0.202. The molecule has 1 fully saturated rings. The maximum absolute atomic E-state index is 12.2. The van der Waals surface area contributed by atoms with E-state index in [0.717, 1.165) is 12.8 Å².